The highest BCUT2D eigenvalue weighted by atomic mass is 32.2. The molecular weight excluding hydrogens is 464 g/mol. The number of rotatable bonds is 5. The molecule has 0 unspecified atom stereocenters. The number of nitrogens with zero attached hydrogens (tertiary/aromatic N) is 4. The van der Waals surface area contributed by atoms with E-state index in [0.717, 1.165) is 34.6 Å². The van der Waals surface area contributed by atoms with Crippen molar-refractivity contribution in [1.29, 1.82) is 0 Å². The van der Waals surface area contributed by atoms with E-state index in [0.29, 0.717) is 10.6 Å². The van der Waals surface area contributed by atoms with E-state index >= 15 is 0 Å². The summed E-state index contributed by atoms with van der Waals surface area (Å²) in [5.41, 5.74) is 5.54. The van der Waals surface area contributed by atoms with Crippen LogP contribution in [0.4, 0.5) is 11.4 Å². The van der Waals surface area contributed by atoms with Crippen molar-refractivity contribution in [3.8, 4) is 0 Å². The molecule has 1 atom stereocenters. The van der Waals surface area contributed by atoms with Gasteiger partial charge in [0.25, 0.3) is 0 Å². The highest BCUT2D eigenvalue weighted by Crippen LogP contribution is 2.55. The van der Waals surface area contributed by atoms with Crippen molar-refractivity contribution >= 4 is 39.7 Å². The quantitative estimate of drug-likeness (QED) is 0.287. The van der Waals surface area contributed by atoms with Gasteiger partial charge in [-0.2, -0.15) is 10.2 Å². The minimum absolute atomic E-state index is 0.103. The molecule has 0 aromatic heterocycles. The molecule has 2 aliphatic rings. The smallest absolute Gasteiger partial charge is 0.234 e. The topological polar surface area (TPSA) is 48.3 Å². The SMILES string of the molecule is CCC1=NN(c2ccccc2)[C@@]2(SC(C(=O)c3ccccc3)=NN2c2ccccc2)c2ccccc21. The first kappa shape index (κ1) is 22.3. The van der Waals surface area contributed by atoms with Gasteiger partial charge in [-0.1, -0.05) is 97.9 Å². The molecular formula is C30H24N4OS. The predicted octanol–water partition coefficient (Wildman–Crippen LogP) is 6.88. The number of carbonyl (C=O) groups excluding carboxylic acids is 1. The number of hydrogen-bond acceptors (Lipinski definition) is 6. The summed E-state index contributed by atoms with van der Waals surface area (Å²) in [6.07, 6.45) is 0.781. The lowest BCUT2D eigenvalue weighted by Gasteiger charge is -2.47. The third-order valence-electron chi connectivity index (χ3n) is 6.38. The highest BCUT2D eigenvalue weighted by molar-refractivity contribution is 8.17. The van der Waals surface area contributed by atoms with Gasteiger partial charge in [-0.25, -0.2) is 10.0 Å². The molecule has 0 bridgehead atoms. The molecule has 5 nitrogen and oxygen atoms in total. The Bertz CT molecular complexity index is 1470. The van der Waals surface area contributed by atoms with Crippen molar-refractivity contribution in [2.24, 2.45) is 10.2 Å². The van der Waals surface area contributed by atoms with E-state index in [4.69, 9.17) is 10.2 Å². The van der Waals surface area contributed by atoms with Crippen LogP contribution in [0.5, 0.6) is 0 Å². The average Bonchev–Trinajstić information content (AvgIpc) is 3.35. The van der Waals surface area contributed by atoms with Crippen molar-refractivity contribution in [3.63, 3.8) is 0 Å². The molecule has 2 heterocycles. The minimum atomic E-state index is -0.919. The maximum atomic E-state index is 13.7. The van der Waals surface area contributed by atoms with Gasteiger partial charge in [-0.3, -0.25) is 4.79 Å². The molecule has 0 N–H and O–H groups in total. The van der Waals surface area contributed by atoms with Crippen LogP contribution in [0.1, 0.15) is 34.8 Å². The number of fused-ring (bicyclic) bond motifs is 2. The number of thioether (sulfide) groups is 1. The zero-order valence-electron chi connectivity index (χ0n) is 19.8. The Morgan fingerprint density at radius 1 is 0.722 bits per heavy atom. The van der Waals surface area contributed by atoms with Gasteiger partial charge in [0.05, 0.1) is 17.1 Å². The van der Waals surface area contributed by atoms with Gasteiger partial charge in [0.15, 0.2) is 5.04 Å². The number of hydrazone groups is 2. The van der Waals surface area contributed by atoms with Crippen molar-refractivity contribution in [2.75, 3.05) is 10.0 Å². The fourth-order valence-corrected chi connectivity index (χ4v) is 6.06. The van der Waals surface area contributed by atoms with Crippen molar-refractivity contribution < 1.29 is 4.79 Å². The Labute approximate surface area is 214 Å². The van der Waals surface area contributed by atoms with E-state index < -0.39 is 4.99 Å². The van der Waals surface area contributed by atoms with Crippen LogP contribution >= 0.6 is 11.8 Å². The second kappa shape index (κ2) is 9.13. The van der Waals surface area contributed by atoms with Crippen LogP contribution in [-0.2, 0) is 4.99 Å². The highest BCUT2D eigenvalue weighted by Gasteiger charge is 2.56. The average molecular weight is 489 g/mol. The Hall–Kier alpha value is -4.16. The lowest BCUT2D eigenvalue weighted by molar-refractivity contribution is 0.106. The van der Waals surface area contributed by atoms with Gasteiger partial charge in [-0.05, 0) is 42.4 Å². The Balaban J connectivity index is 1.61. The van der Waals surface area contributed by atoms with E-state index in [-0.39, 0.29) is 5.78 Å². The second-order valence-corrected chi connectivity index (χ2v) is 9.71. The molecule has 0 saturated carbocycles. The third kappa shape index (κ3) is 3.53. The maximum Gasteiger partial charge on any atom is 0.234 e. The molecule has 0 saturated heterocycles. The predicted molar refractivity (Wildman–Crippen MR) is 149 cm³/mol. The largest absolute Gasteiger partial charge is 0.286 e. The van der Waals surface area contributed by atoms with Crippen molar-refractivity contribution in [2.45, 2.75) is 18.3 Å². The number of carbonyl (C=O) groups is 1. The Morgan fingerprint density at radius 3 is 1.86 bits per heavy atom. The lowest BCUT2D eigenvalue weighted by atomic mass is 9.96. The number of benzene rings is 4. The first-order valence-corrected chi connectivity index (χ1v) is 12.8. The molecule has 0 radical (unpaired) electrons. The number of hydrogen-bond donors (Lipinski definition) is 0. The molecule has 36 heavy (non-hydrogen) atoms. The molecule has 2 aliphatic heterocycles. The summed E-state index contributed by atoms with van der Waals surface area (Å²) in [5, 5.41) is 14.6. The van der Waals surface area contributed by atoms with E-state index in [9.17, 15) is 4.79 Å². The standard InChI is InChI=1S/C30H24N4OS/c1-2-27-25-20-12-13-21-26(25)30(33(31-27)23-16-8-4-9-17-23)34(24-18-10-5-11-19-24)32-29(36-30)28(35)22-14-6-3-7-15-22/h3-21H,2H2,1H3/t30-/m0/s1. The number of para-hydroxylation sites is 2. The third-order valence-corrected chi connectivity index (χ3v) is 7.69. The van der Waals surface area contributed by atoms with Crippen LogP contribution in [0.15, 0.2) is 125 Å². The summed E-state index contributed by atoms with van der Waals surface area (Å²) in [7, 11) is 0. The molecule has 0 fully saturated rings. The molecule has 6 rings (SSSR count). The summed E-state index contributed by atoms with van der Waals surface area (Å²) in [6, 6.07) is 37.8. The molecule has 1 spiro atoms. The molecule has 0 aliphatic carbocycles. The van der Waals surface area contributed by atoms with E-state index in [2.05, 4.69) is 19.1 Å². The van der Waals surface area contributed by atoms with Crippen LogP contribution in [0, 0.1) is 0 Å². The van der Waals surface area contributed by atoms with Gasteiger partial charge in [0, 0.05) is 16.7 Å². The molecule has 6 heteroatoms. The Morgan fingerprint density at radius 2 is 1.25 bits per heavy atom. The number of Topliss-reactive ketones (excluding diaryl/α,β-unsaturated/α-hetero) is 1. The van der Waals surface area contributed by atoms with E-state index in [1.54, 1.807) is 0 Å². The number of ketones is 1. The van der Waals surface area contributed by atoms with E-state index in [1.165, 1.54) is 11.8 Å². The van der Waals surface area contributed by atoms with Gasteiger partial charge in [-0.15, -0.1) is 0 Å². The normalized spacial score (nSPS) is 18.6. The molecule has 4 aromatic carbocycles. The van der Waals surface area contributed by atoms with Gasteiger partial charge in [0.2, 0.25) is 10.8 Å². The summed E-state index contributed by atoms with van der Waals surface area (Å²) < 4.78 is 0. The van der Waals surface area contributed by atoms with Crippen molar-refractivity contribution in [1.82, 2.24) is 0 Å². The summed E-state index contributed by atoms with van der Waals surface area (Å²) in [4.78, 5) is 12.8. The monoisotopic (exact) mass is 488 g/mol. The van der Waals surface area contributed by atoms with Crippen LogP contribution in [0.2, 0.25) is 0 Å². The fourth-order valence-electron chi connectivity index (χ4n) is 4.70. The first-order valence-electron chi connectivity index (χ1n) is 12.0. The zero-order valence-corrected chi connectivity index (χ0v) is 20.6. The minimum Gasteiger partial charge on any atom is -0.286 e. The van der Waals surface area contributed by atoms with Gasteiger partial charge in [0.1, 0.15) is 0 Å². The van der Waals surface area contributed by atoms with Gasteiger partial charge < -0.3 is 0 Å². The zero-order chi connectivity index (χ0) is 24.5. The Kier molecular flexibility index (Phi) is 5.66. The summed E-state index contributed by atoms with van der Waals surface area (Å²) in [6.45, 7) is 2.12. The van der Waals surface area contributed by atoms with Crippen molar-refractivity contribution in [3.05, 3.63) is 132 Å². The lowest BCUT2D eigenvalue weighted by Crippen LogP contribution is -2.53. The molecule has 176 valence electrons. The fraction of sp³-hybridized carbons (Fsp3) is 0.100. The molecule has 0 amide bonds. The summed E-state index contributed by atoms with van der Waals surface area (Å²) >= 11 is 1.44. The second-order valence-electron chi connectivity index (χ2n) is 8.55. The summed E-state index contributed by atoms with van der Waals surface area (Å²) in [5.74, 6) is -0.103. The van der Waals surface area contributed by atoms with E-state index in [1.807, 2.05) is 113 Å². The van der Waals surface area contributed by atoms with Crippen LogP contribution in [-0.4, -0.2) is 16.5 Å². The van der Waals surface area contributed by atoms with Crippen LogP contribution < -0.4 is 10.0 Å². The number of anilines is 2. The van der Waals surface area contributed by atoms with Crippen LogP contribution in [0.25, 0.3) is 0 Å². The molecule has 4 aromatic rings. The van der Waals surface area contributed by atoms with Gasteiger partial charge >= 0.3 is 0 Å². The first-order chi connectivity index (χ1) is 17.7. The van der Waals surface area contributed by atoms with Crippen LogP contribution in [0.3, 0.4) is 0 Å². The maximum absolute atomic E-state index is 13.7.